The molecule has 2 heterocycles. The molecule has 0 atom stereocenters. The molecule has 0 radical (unpaired) electrons. The van der Waals surface area contributed by atoms with E-state index in [1.54, 1.807) is 30.7 Å². The largest absolute Gasteiger partial charge is 0.341 e. The van der Waals surface area contributed by atoms with Crippen LogP contribution in [0.5, 0.6) is 0 Å². The summed E-state index contributed by atoms with van der Waals surface area (Å²) in [5, 5.41) is 9.63. The van der Waals surface area contributed by atoms with Crippen LogP contribution in [0, 0.1) is 31.8 Å². The van der Waals surface area contributed by atoms with Crippen LogP contribution in [-0.2, 0) is 6.54 Å². The van der Waals surface area contributed by atoms with Crippen LogP contribution in [0.25, 0.3) is 16.0 Å². The van der Waals surface area contributed by atoms with Gasteiger partial charge in [-0.3, -0.25) is 9.97 Å². The lowest BCUT2D eigenvalue weighted by Crippen LogP contribution is -2.06. The van der Waals surface area contributed by atoms with Gasteiger partial charge in [0, 0.05) is 29.3 Å². The van der Waals surface area contributed by atoms with E-state index in [4.69, 9.17) is 6.57 Å². The fourth-order valence-electron chi connectivity index (χ4n) is 2.89. The third-order valence-corrected chi connectivity index (χ3v) is 4.12. The van der Waals surface area contributed by atoms with Crippen molar-refractivity contribution >= 4 is 5.69 Å². The summed E-state index contributed by atoms with van der Waals surface area (Å²) in [6.07, 6.45) is 5.04. The summed E-state index contributed by atoms with van der Waals surface area (Å²) >= 11 is 0. The Kier molecular flexibility index (Phi) is 4.09. The second kappa shape index (κ2) is 6.36. The molecule has 0 aliphatic heterocycles. The number of rotatable bonds is 3. The first-order chi connectivity index (χ1) is 11.7. The number of nitriles is 1. The van der Waals surface area contributed by atoms with Crippen molar-refractivity contribution < 1.29 is 0 Å². The van der Waals surface area contributed by atoms with Gasteiger partial charge in [0.2, 0.25) is 0 Å². The molecular weight excluding hydrogens is 298 g/mol. The molecule has 116 valence electrons. The SMILES string of the molecule is [C-]#[N+]c1ccc(-c2c(C#N)c(C)n(Cc3cnccn3)c2C)cc1. The van der Waals surface area contributed by atoms with Crippen LogP contribution in [0.4, 0.5) is 5.69 Å². The monoisotopic (exact) mass is 313 g/mol. The maximum absolute atomic E-state index is 9.63. The molecule has 0 amide bonds. The standard InChI is InChI=1S/C19H15N5/c1-13-18(10-20)19(15-4-6-16(21-3)7-5-15)14(2)24(13)12-17-11-22-8-9-23-17/h4-9,11H,12H2,1-2H3. The zero-order chi connectivity index (χ0) is 17.1. The van der Waals surface area contributed by atoms with E-state index in [1.807, 2.05) is 26.0 Å². The molecule has 0 saturated heterocycles. The minimum Gasteiger partial charge on any atom is -0.341 e. The molecule has 5 heteroatoms. The average Bonchev–Trinajstić information content (AvgIpc) is 2.86. The number of aromatic nitrogens is 3. The quantitative estimate of drug-likeness (QED) is 0.686. The van der Waals surface area contributed by atoms with E-state index in [0.29, 0.717) is 17.8 Å². The van der Waals surface area contributed by atoms with Gasteiger partial charge >= 0.3 is 0 Å². The van der Waals surface area contributed by atoms with E-state index in [1.165, 1.54) is 0 Å². The van der Waals surface area contributed by atoms with Crippen molar-refractivity contribution in [3.8, 4) is 17.2 Å². The number of benzene rings is 1. The summed E-state index contributed by atoms with van der Waals surface area (Å²) in [4.78, 5) is 11.8. The van der Waals surface area contributed by atoms with Gasteiger partial charge in [-0.25, -0.2) is 4.85 Å². The van der Waals surface area contributed by atoms with Crippen molar-refractivity contribution in [2.75, 3.05) is 0 Å². The number of nitrogens with zero attached hydrogens (tertiary/aromatic N) is 5. The lowest BCUT2D eigenvalue weighted by Gasteiger charge is -2.09. The lowest BCUT2D eigenvalue weighted by molar-refractivity contribution is 0.726. The van der Waals surface area contributed by atoms with Gasteiger partial charge in [-0.05, 0) is 19.4 Å². The summed E-state index contributed by atoms with van der Waals surface area (Å²) in [5.74, 6) is 0. The second-order valence-corrected chi connectivity index (χ2v) is 5.47. The first-order valence-corrected chi connectivity index (χ1v) is 7.48. The molecule has 0 fully saturated rings. The van der Waals surface area contributed by atoms with Gasteiger partial charge in [0.1, 0.15) is 6.07 Å². The van der Waals surface area contributed by atoms with Gasteiger partial charge in [0.25, 0.3) is 0 Å². The van der Waals surface area contributed by atoms with Gasteiger partial charge in [-0.15, -0.1) is 0 Å². The maximum atomic E-state index is 9.63. The van der Waals surface area contributed by atoms with E-state index >= 15 is 0 Å². The van der Waals surface area contributed by atoms with Crippen LogP contribution in [0.3, 0.4) is 0 Å². The molecule has 3 aromatic rings. The molecule has 24 heavy (non-hydrogen) atoms. The Hall–Kier alpha value is -3.44. The molecule has 0 unspecified atom stereocenters. The van der Waals surface area contributed by atoms with Crippen LogP contribution in [0.15, 0.2) is 42.9 Å². The van der Waals surface area contributed by atoms with E-state index in [2.05, 4.69) is 25.4 Å². The summed E-state index contributed by atoms with van der Waals surface area (Å²) in [6, 6.07) is 9.66. The highest BCUT2D eigenvalue weighted by molar-refractivity contribution is 5.76. The minimum absolute atomic E-state index is 0.570. The smallest absolute Gasteiger partial charge is 0.187 e. The predicted molar refractivity (Wildman–Crippen MR) is 91.5 cm³/mol. The Morgan fingerprint density at radius 2 is 1.92 bits per heavy atom. The van der Waals surface area contributed by atoms with E-state index < -0.39 is 0 Å². The highest BCUT2D eigenvalue weighted by Crippen LogP contribution is 2.33. The van der Waals surface area contributed by atoms with Gasteiger partial charge in [-0.2, -0.15) is 5.26 Å². The Morgan fingerprint density at radius 3 is 2.50 bits per heavy atom. The first kappa shape index (κ1) is 15.5. The number of hydrogen-bond donors (Lipinski definition) is 0. The van der Waals surface area contributed by atoms with E-state index in [-0.39, 0.29) is 0 Å². The molecule has 3 rings (SSSR count). The van der Waals surface area contributed by atoms with Crippen molar-refractivity contribution in [2.24, 2.45) is 0 Å². The molecule has 0 aliphatic carbocycles. The third kappa shape index (κ3) is 2.64. The maximum Gasteiger partial charge on any atom is 0.187 e. The zero-order valence-electron chi connectivity index (χ0n) is 13.5. The average molecular weight is 313 g/mol. The Balaban J connectivity index is 2.12. The fourth-order valence-corrected chi connectivity index (χ4v) is 2.89. The van der Waals surface area contributed by atoms with Crippen LogP contribution in [-0.4, -0.2) is 14.5 Å². The Morgan fingerprint density at radius 1 is 1.17 bits per heavy atom. The van der Waals surface area contributed by atoms with Gasteiger partial charge in [0.05, 0.1) is 30.6 Å². The Labute approximate surface area is 140 Å². The zero-order valence-corrected chi connectivity index (χ0v) is 13.5. The van der Waals surface area contributed by atoms with Crippen molar-refractivity contribution in [1.82, 2.24) is 14.5 Å². The van der Waals surface area contributed by atoms with Crippen molar-refractivity contribution in [3.05, 3.63) is 76.9 Å². The molecule has 0 aliphatic rings. The predicted octanol–water partition coefficient (Wildman–Crippen LogP) is 4.03. The summed E-state index contributed by atoms with van der Waals surface area (Å²) in [6.45, 7) is 11.6. The highest BCUT2D eigenvalue weighted by Gasteiger charge is 2.19. The second-order valence-electron chi connectivity index (χ2n) is 5.47. The molecule has 5 nitrogen and oxygen atoms in total. The lowest BCUT2D eigenvalue weighted by atomic mass is 10.0. The normalized spacial score (nSPS) is 10.2. The van der Waals surface area contributed by atoms with Crippen LogP contribution < -0.4 is 0 Å². The molecule has 1 aromatic carbocycles. The highest BCUT2D eigenvalue weighted by atomic mass is 15.0. The van der Waals surface area contributed by atoms with Gasteiger partial charge < -0.3 is 4.57 Å². The fraction of sp³-hybridized carbons (Fsp3) is 0.158. The number of hydrogen-bond acceptors (Lipinski definition) is 3. The van der Waals surface area contributed by atoms with Crippen LogP contribution in [0.1, 0.15) is 22.6 Å². The Bertz CT molecular complexity index is 954. The van der Waals surface area contributed by atoms with Crippen LogP contribution in [0.2, 0.25) is 0 Å². The third-order valence-electron chi connectivity index (χ3n) is 4.12. The van der Waals surface area contributed by atoms with E-state index in [9.17, 15) is 5.26 Å². The minimum atomic E-state index is 0.570. The topological polar surface area (TPSA) is 58.9 Å². The summed E-state index contributed by atoms with van der Waals surface area (Å²) < 4.78 is 2.08. The molecule has 0 spiro atoms. The van der Waals surface area contributed by atoms with Gasteiger partial charge in [-0.1, -0.05) is 24.3 Å². The molecule has 0 N–H and O–H groups in total. The van der Waals surface area contributed by atoms with Crippen molar-refractivity contribution in [1.29, 1.82) is 5.26 Å². The van der Waals surface area contributed by atoms with E-state index in [0.717, 1.165) is 28.2 Å². The summed E-state index contributed by atoms with van der Waals surface area (Å²) in [7, 11) is 0. The van der Waals surface area contributed by atoms with Crippen molar-refractivity contribution in [3.63, 3.8) is 0 Å². The molecule has 2 aromatic heterocycles. The summed E-state index contributed by atoms with van der Waals surface area (Å²) in [5.41, 5.74) is 5.86. The van der Waals surface area contributed by atoms with Crippen molar-refractivity contribution in [2.45, 2.75) is 20.4 Å². The molecular formula is C19H15N5. The molecule has 0 saturated carbocycles. The first-order valence-electron chi connectivity index (χ1n) is 7.48. The van der Waals surface area contributed by atoms with Crippen LogP contribution >= 0.6 is 0 Å². The van der Waals surface area contributed by atoms with Gasteiger partial charge in [0.15, 0.2) is 5.69 Å². The molecule has 0 bridgehead atoms.